The Morgan fingerprint density at radius 1 is 0.659 bits per heavy atom. The average Bonchev–Trinajstić information content (AvgIpc) is 3.00. The van der Waals surface area contributed by atoms with Gasteiger partial charge < -0.3 is 15.0 Å². The third-order valence-corrected chi connectivity index (χ3v) is 7.30. The Kier molecular flexibility index (Phi) is 14.6. The standard InChI is InChI=1S/C36H48N2O3/c1-3-5-7-9-11-16-26-37-32-22-18-20-30(28-32)35(39)38(27-17-12-10-8-6-4-2)33-23-19-21-31(29-33)36(40)41-34-24-14-13-15-25-34/h13-15,18-25,28-29,37H,3-12,16-17,26-27H2,1-2H3. The Balaban J connectivity index is 1.71. The number of nitrogens with one attached hydrogen (secondary N) is 1. The molecular formula is C36H48N2O3. The quantitative estimate of drug-likeness (QED) is 0.0907. The highest BCUT2D eigenvalue weighted by atomic mass is 16.5. The molecule has 0 spiro atoms. The van der Waals surface area contributed by atoms with E-state index in [1.807, 2.05) is 59.5 Å². The summed E-state index contributed by atoms with van der Waals surface area (Å²) in [4.78, 5) is 28.6. The molecule has 0 unspecified atom stereocenters. The lowest BCUT2D eigenvalue weighted by Gasteiger charge is -2.24. The third-order valence-electron chi connectivity index (χ3n) is 7.30. The number of anilines is 2. The molecule has 1 amide bonds. The fourth-order valence-corrected chi connectivity index (χ4v) is 4.91. The molecule has 0 bridgehead atoms. The Labute approximate surface area is 247 Å². The first kappa shape index (κ1) is 31.9. The fourth-order valence-electron chi connectivity index (χ4n) is 4.91. The SMILES string of the molecule is CCCCCCCCNc1cccc(C(=O)N(CCCCCCCC)c2cccc(C(=O)Oc3ccccc3)c2)c1. The van der Waals surface area contributed by atoms with Crippen LogP contribution in [0.5, 0.6) is 5.75 Å². The minimum atomic E-state index is -0.439. The second kappa shape index (κ2) is 18.7. The number of hydrogen-bond acceptors (Lipinski definition) is 4. The van der Waals surface area contributed by atoms with Crippen LogP contribution in [0.15, 0.2) is 78.9 Å². The molecule has 0 heterocycles. The number of unbranched alkanes of at least 4 members (excludes halogenated alkanes) is 10. The van der Waals surface area contributed by atoms with E-state index in [0.717, 1.165) is 37.9 Å². The maximum absolute atomic E-state index is 13.9. The predicted octanol–water partition coefficient (Wildman–Crippen LogP) is 9.69. The Hall–Kier alpha value is -3.60. The van der Waals surface area contributed by atoms with E-state index in [1.54, 1.807) is 24.3 Å². The van der Waals surface area contributed by atoms with Crippen LogP contribution < -0.4 is 15.0 Å². The van der Waals surface area contributed by atoms with E-state index >= 15 is 0 Å². The lowest BCUT2D eigenvalue weighted by atomic mass is 10.1. The average molecular weight is 557 g/mol. The molecule has 5 heteroatoms. The van der Waals surface area contributed by atoms with Gasteiger partial charge in [-0.2, -0.15) is 0 Å². The molecule has 1 N–H and O–H groups in total. The normalized spacial score (nSPS) is 10.8. The summed E-state index contributed by atoms with van der Waals surface area (Å²) in [7, 11) is 0. The van der Waals surface area contributed by atoms with Gasteiger partial charge in [0, 0.05) is 30.0 Å². The van der Waals surface area contributed by atoms with Crippen molar-refractivity contribution in [3.8, 4) is 5.75 Å². The van der Waals surface area contributed by atoms with Gasteiger partial charge >= 0.3 is 5.97 Å². The highest BCUT2D eigenvalue weighted by molar-refractivity contribution is 6.07. The lowest BCUT2D eigenvalue weighted by Crippen LogP contribution is -2.32. The van der Waals surface area contributed by atoms with Crippen LogP contribution in [0.1, 0.15) is 112 Å². The van der Waals surface area contributed by atoms with Gasteiger partial charge in [-0.25, -0.2) is 4.79 Å². The van der Waals surface area contributed by atoms with Gasteiger partial charge in [-0.1, -0.05) is 108 Å². The van der Waals surface area contributed by atoms with Gasteiger partial charge in [-0.05, 0) is 61.4 Å². The summed E-state index contributed by atoms with van der Waals surface area (Å²) in [5, 5.41) is 3.50. The number of ether oxygens (including phenoxy) is 1. The van der Waals surface area contributed by atoms with Gasteiger partial charge in [0.2, 0.25) is 0 Å². The van der Waals surface area contributed by atoms with E-state index in [2.05, 4.69) is 19.2 Å². The first-order valence-corrected chi connectivity index (χ1v) is 15.7. The van der Waals surface area contributed by atoms with Gasteiger partial charge in [0.15, 0.2) is 0 Å². The van der Waals surface area contributed by atoms with Crippen molar-refractivity contribution in [2.45, 2.75) is 90.9 Å². The molecule has 3 rings (SSSR count). The Morgan fingerprint density at radius 2 is 1.29 bits per heavy atom. The van der Waals surface area contributed by atoms with Crippen molar-refractivity contribution in [3.63, 3.8) is 0 Å². The Morgan fingerprint density at radius 3 is 2.02 bits per heavy atom. The van der Waals surface area contributed by atoms with Crippen molar-refractivity contribution in [1.29, 1.82) is 0 Å². The number of amides is 1. The minimum Gasteiger partial charge on any atom is -0.423 e. The second-order valence-corrected chi connectivity index (χ2v) is 10.8. The predicted molar refractivity (Wildman–Crippen MR) is 171 cm³/mol. The van der Waals surface area contributed by atoms with Crippen LogP contribution in [-0.2, 0) is 0 Å². The number of para-hydroxylation sites is 1. The molecule has 3 aromatic carbocycles. The number of rotatable bonds is 19. The van der Waals surface area contributed by atoms with Crippen LogP contribution in [0.25, 0.3) is 0 Å². The maximum atomic E-state index is 13.9. The molecule has 0 saturated carbocycles. The summed E-state index contributed by atoms with van der Waals surface area (Å²) in [6.45, 7) is 5.95. The lowest BCUT2D eigenvalue weighted by molar-refractivity contribution is 0.0734. The number of hydrogen-bond donors (Lipinski definition) is 1. The fraction of sp³-hybridized carbons (Fsp3) is 0.444. The van der Waals surface area contributed by atoms with Gasteiger partial charge in [-0.3, -0.25) is 4.79 Å². The van der Waals surface area contributed by atoms with Crippen LogP contribution in [0.3, 0.4) is 0 Å². The summed E-state index contributed by atoms with van der Waals surface area (Å²) in [5.74, 6) is -0.00514. The zero-order valence-electron chi connectivity index (χ0n) is 25.1. The van der Waals surface area contributed by atoms with Crippen molar-refractivity contribution < 1.29 is 14.3 Å². The Bertz CT molecular complexity index is 1180. The molecule has 3 aromatic rings. The first-order chi connectivity index (χ1) is 20.1. The molecule has 0 atom stereocenters. The molecule has 0 saturated heterocycles. The second-order valence-electron chi connectivity index (χ2n) is 10.8. The molecule has 0 aromatic heterocycles. The molecule has 0 radical (unpaired) electrons. The summed E-state index contributed by atoms with van der Waals surface area (Å²) >= 11 is 0. The summed E-state index contributed by atoms with van der Waals surface area (Å²) in [6.07, 6.45) is 14.3. The highest BCUT2D eigenvalue weighted by Crippen LogP contribution is 2.23. The maximum Gasteiger partial charge on any atom is 0.343 e. The topological polar surface area (TPSA) is 58.6 Å². The molecule has 0 fully saturated rings. The molecule has 0 aliphatic carbocycles. The van der Waals surface area contributed by atoms with E-state index in [-0.39, 0.29) is 5.91 Å². The van der Waals surface area contributed by atoms with E-state index < -0.39 is 5.97 Å². The van der Waals surface area contributed by atoms with Gasteiger partial charge in [0.25, 0.3) is 5.91 Å². The zero-order chi connectivity index (χ0) is 29.1. The van der Waals surface area contributed by atoms with Crippen molar-refractivity contribution in [2.75, 3.05) is 23.3 Å². The van der Waals surface area contributed by atoms with Gasteiger partial charge in [0.05, 0.1) is 5.56 Å². The highest BCUT2D eigenvalue weighted by Gasteiger charge is 2.20. The molecule has 220 valence electrons. The van der Waals surface area contributed by atoms with E-state index in [4.69, 9.17) is 4.74 Å². The summed E-state index contributed by atoms with van der Waals surface area (Å²) < 4.78 is 5.56. The zero-order valence-corrected chi connectivity index (χ0v) is 25.1. The van der Waals surface area contributed by atoms with Gasteiger partial charge in [0.1, 0.15) is 5.75 Å². The van der Waals surface area contributed by atoms with Gasteiger partial charge in [-0.15, -0.1) is 0 Å². The van der Waals surface area contributed by atoms with Crippen LogP contribution in [0, 0.1) is 0 Å². The third kappa shape index (κ3) is 11.4. The van der Waals surface area contributed by atoms with E-state index in [9.17, 15) is 9.59 Å². The molecule has 0 aliphatic heterocycles. The molecule has 5 nitrogen and oxygen atoms in total. The van der Waals surface area contributed by atoms with E-state index in [1.165, 1.54) is 51.4 Å². The van der Waals surface area contributed by atoms with Crippen molar-refractivity contribution in [3.05, 3.63) is 90.0 Å². The molecule has 0 aliphatic rings. The van der Waals surface area contributed by atoms with Crippen LogP contribution in [-0.4, -0.2) is 25.0 Å². The largest absolute Gasteiger partial charge is 0.423 e. The van der Waals surface area contributed by atoms with E-state index in [0.29, 0.717) is 29.1 Å². The number of benzene rings is 3. The van der Waals surface area contributed by atoms with Crippen LogP contribution >= 0.6 is 0 Å². The smallest absolute Gasteiger partial charge is 0.343 e. The number of esters is 1. The minimum absolute atomic E-state index is 0.0599. The summed E-state index contributed by atoms with van der Waals surface area (Å²) in [5.41, 5.74) is 2.73. The number of carbonyl (C=O) groups excluding carboxylic acids is 2. The monoisotopic (exact) mass is 556 g/mol. The van der Waals surface area contributed by atoms with Crippen molar-refractivity contribution in [2.24, 2.45) is 0 Å². The van der Waals surface area contributed by atoms with Crippen molar-refractivity contribution in [1.82, 2.24) is 0 Å². The van der Waals surface area contributed by atoms with Crippen LogP contribution in [0.2, 0.25) is 0 Å². The molecule has 41 heavy (non-hydrogen) atoms. The number of nitrogens with zero attached hydrogens (tertiary/aromatic N) is 1. The van der Waals surface area contributed by atoms with Crippen LogP contribution in [0.4, 0.5) is 11.4 Å². The molecular weight excluding hydrogens is 508 g/mol. The number of carbonyl (C=O) groups is 2. The van der Waals surface area contributed by atoms with Crippen molar-refractivity contribution >= 4 is 23.3 Å². The first-order valence-electron chi connectivity index (χ1n) is 15.7. The summed E-state index contributed by atoms with van der Waals surface area (Å²) in [6, 6.07) is 24.0.